The van der Waals surface area contributed by atoms with Gasteiger partial charge in [0, 0.05) is 20.8 Å². The van der Waals surface area contributed by atoms with Crippen LogP contribution in [0.15, 0.2) is 0 Å². The smallest absolute Gasteiger partial charge is 0.245 e. The fourth-order valence-electron chi connectivity index (χ4n) is 2.22. The molecule has 0 aromatic carbocycles. The Morgan fingerprint density at radius 3 is 2.58 bits per heavy atom. The van der Waals surface area contributed by atoms with Crippen molar-refractivity contribution in [2.75, 3.05) is 27.4 Å². The first-order valence-electron chi connectivity index (χ1n) is 6.67. The van der Waals surface area contributed by atoms with Crippen molar-refractivity contribution in [3.63, 3.8) is 0 Å². The van der Waals surface area contributed by atoms with E-state index in [2.05, 4.69) is 5.32 Å². The molecule has 110 valence electrons. The molecule has 1 fully saturated rings. The standard InChI is InChI=1S/C13H24N2O4/c1-5-6-11-13(17)15(9(2)12(16)14-11)7-10(19-4)8-18-3/h9-11H,5-8H2,1-4H3,(H,14,16). The fourth-order valence-corrected chi connectivity index (χ4v) is 2.22. The van der Waals surface area contributed by atoms with E-state index in [1.165, 1.54) is 0 Å². The van der Waals surface area contributed by atoms with Crippen LogP contribution in [0.5, 0.6) is 0 Å². The van der Waals surface area contributed by atoms with Gasteiger partial charge in [-0.2, -0.15) is 0 Å². The predicted octanol–water partition coefficient (Wildman–Crippen LogP) is 0.163. The average Bonchev–Trinajstić information content (AvgIpc) is 2.39. The summed E-state index contributed by atoms with van der Waals surface area (Å²) < 4.78 is 10.3. The summed E-state index contributed by atoms with van der Waals surface area (Å²) in [6.07, 6.45) is 1.30. The molecule has 0 bridgehead atoms. The van der Waals surface area contributed by atoms with Gasteiger partial charge in [-0.1, -0.05) is 13.3 Å². The minimum absolute atomic E-state index is 0.0351. The monoisotopic (exact) mass is 272 g/mol. The molecule has 2 amide bonds. The Morgan fingerprint density at radius 2 is 2.05 bits per heavy atom. The van der Waals surface area contributed by atoms with Crippen LogP contribution < -0.4 is 5.32 Å². The summed E-state index contributed by atoms with van der Waals surface area (Å²) in [6, 6.07) is -0.871. The SMILES string of the molecule is CCCC1NC(=O)C(C)N(CC(COC)OC)C1=O. The lowest BCUT2D eigenvalue weighted by molar-refractivity contribution is -0.151. The normalized spacial score (nSPS) is 25.4. The maximum Gasteiger partial charge on any atom is 0.245 e. The van der Waals surface area contributed by atoms with Crippen LogP contribution in [0.1, 0.15) is 26.7 Å². The summed E-state index contributed by atoms with van der Waals surface area (Å²) >= 11 is 0. The van der Waals surface area contributed by atoms with Crippen molar-refractivity contribution in [2.45, 2.75) is 44.9 Å². The summed E-state index contributed by atoms with van der Waals surface area (Å²) in [4.78, 5) is 25.8. The summed E-state index contributed by atoms with van der Waals surface area (Å²) in [7, 11) is 3.16. The second kappa shape index (κ2) is 7.45. The van der Waals surface area contributed by atoms with E-state index in [0.29, 0.717) is 19.6 Å². The molecule has 19 heavy (non-hydrogen) atoms. The maximum atomic E-state index is 12.3. The minimum atomic E-state index is -0.463. The summed E-state index contributed by atoms with van der Waals surface area (Å²) in [6.45, 7) is 4.49. The second-order valence-electron chi connectivity index (χ2n) is 4.83. The van der Waals surface area contributed by atoms with Gasteiger partial charge in [0.25, 0.3) is 0 Å². The molecule has 1 aliphatic heterocycles. The van der Waals surface area contributed by atoms with Gasteiger partial charge in [0.05, 0.1) is 12.7 Å². The van der Waals surface area contributed by atoms with E-state index in [1.54, 1.807) is 26.0 Å². The van der Waals surface area contributed by atoms with Gasteiger partial charge in [-0.15, -0.1) is 0 Å². The van der Waals surface area contributed by atoms with Crippen molar-refractivity contribution in [3.8, 4) is 0 Å². The molecule has 1 heterocycles. The number of hydrogen-bond donors (Lipinski definition) is 1. The molecule has 3 atom stereocenters. The van der Waals surface area contributed by atoms with Crippen LogP contribution >= 0.6 is 0 Å². The third-order valence-electron chi connectivity index (χ3n) is 3.41. The molecule has 3 unspecified atom stereocenters. The number of carbonyl (C=O) groups is 2. The molecular formula is C13H24N2O4. The van der Waals surface area contributed by atoms with Gasteiger partial charge in [-0.05, 0) is 13.3 Å². The van der Waals surface area contributed by atoms with E-state index in [0.717, 1.165) is 6.42 Å². The quantitative estimate of drug-likeness (QED) is 0.717. The van der Waals surface area contributed by atoms with Gasteiger partial charge in [0.1, 0.15) is 12.1 Å². The van der Waals surface area contributed by atoms with E-state index in [9.17, 15) is 9.59 Å². The van der Waals surface area contributed by atoms with Crippen molar-refractivity contribution in [3.05, 3.63) is 0 Å². The highest BCUT2D eigenvalue weighted by Gasteiger charge is 2.38. The lowest BCUT2D eigenvalue weighted by Gasteiger charge is -2.38. The Balaban J connectivity index is 2.76. The zero-order chi connectivity index (χ0) is 14.4. The number of nitrogens with zero attached hydrogens (tertiary/aromatic N) is 1. The molecular weight excluding hydrogens is 248 g/mol. The van der Waals surface area contributed by atoms with Crippen LogP contribution in [0.25, 0.3) is 0 Å². The van der Waals surface area contributed by atoms with Crippen molar-refractivity contribution in [1.29, 1.82) is 0 Å². The van der Waals surface area contributed by atoms with Crippen LogP contribution in [0.4, 0.5) is 0 Å². The zero-order valence-corrected chi connectivity index (χ0v) is 12.1. The Kier molecular flexibility index (Phi) is 6.24. The van der Waals surface area contributed by atoms with Crippen molar-refractivity contribution in [2.24, 2.45) is 0 Å². The van der Waals surface area contributed by atoms with Crippen molar-refractivity contribution in [1.82, 2.24) is 10.2 Å². The number of rotatable bonds is 7. The summed E-state index contributed by atoms with van der Waals surface area (Å²) in [5.74, 6) is -0.141. The largest absolute Gasteiger partial charge is 0.382 e. The molecule has 1 aliphatic rings. The Hall–Kier alpha value is -1.14. The molecule has 6 nitrogen and oxygen atoms in total. The Labute approximate surface area is 114 Å². The highest BCUT2D eigenvalue weighted by molar-refractivity contribution is 5.96. The summed E-state index contributed by atoms with van der Waals surface area (Å²) in [5, 5.41) is 2.77. The van der Waals surface area contributed by atoms with Crippen LogP contribution in [-0.4, -0.2) is 62.3 Å². The fraction of sp³-hybridized carbons (Fsp3) is 0.846. The van der Waals surface area contributed by atoms with E-state index in [-0.39, 0.29) is 17.9 Å². The number of amides is 2. The van der Waals surface area contributed by atoms with Gasteiger partial charge in [-0.25, -0.2) is 0 Å². The topological polar surface area (TPSA) is 67.9 Å². The van der Waals surface area contributed by atoms with Crippen LogP contribution in [0, 0.1) is 0 Å². The van der Waals surface area contributed by atoms with Gasteiger partial charge >= 0.3 is 0 Å². The predicted molar refractivity (Wildman–Crippen MR) is 70.7 cm³/mol. The highest BCUT2D eigenvalue weighted by atomic mass is 16.5. The Bertz CT molecular complexity index is 322. The van der Waals surface area contributed by atoms with E-state index < -0.39 is 12.1 Å². The van der Waals surface area contributed by atoms with E-state index in [4.69, 9.17) is 9.47 Å². The lowest BCUT2D eigenvalue weighted by Crippen LogP contribution is -2.63. The zero-order valence-electron chi connectivity index (χ0n) is 12.1. The van der Waals surface area contributed by atoms with Crippen LogP contribution in [-0.2, 0) is 19.1 Å². The highest BCUT2D eigenvalue weighted by Crippen LogP contribution is 2.14. The minimum Gasteiger partial charge on any atom is -0.382 e. The number of methoxy groups -OCH3 is 2. The van der Waals surface area contributed by atoms with Gasteiger partial charge in [-0.3, -0.25) is 9.59 Å². The Morgan fingerprint density at radius 1 is 1.37 bits per heavy atom. The van der Waals surface area contributed by atoms with Gasteiger partial charge in [0.2, 0.25) is 11.8 Å². The molecule has 1 saturated heterocycles. The first kappa shape index (κ1) is 15.9. The summed E-state index contributed by atoms with van der Waals surface area (Å²) in [5.41, 5.74) is 0. The van der Waals surface area contributed by atoms with E-state index in [1.807, 2.05) is 6.92 Å². The first-order chi connectivity index (χ1) is 9.04. The molecule has 0 aliphatic carbocycles. The number of nitrogens with one attached hydrogen (secondary N) is 1. The first-order valence-corrected chi connectivity index (χ1v) is 6.67. The molecule has 0 saturated carbocycles. The lowest BCUT2D eigenvalue weighted by atomic mass is 10.0. The molecule has 0 aromatic rings. The van der Waals surface area contributed by atoms with Gasteiger partial charge in [0.15, 0.2) is 0 Å². The number of carbonyl (C=O) groups excluding carboxylic acids is 2. The third kappa shape index (κ3) is 3.91. The van der Waals surface area contributed by atoms with Gasteiger partial charge < -0.3 is 19.7 Å². The molecule has 6 heteroatoms. The second-order valence-corrected chi connectivity index (χ2v) is 4.83. The molecule has 1 N–H and O–H groups in total. The molecule has 1 rings (SSSR count). The van der Waals surface area contributed by atoms with E-state index >= 15 is 0 Å². The maximum absolute atomic E-state index is 12.3. The van der Waals surface area contributed by atoms with Crippen molar-refractivity contribution < 1.29 is 19.1 Å². The number of ether oxygens (including phenoxy) is 2. The number of hydrogen-bond acceptors (Lipinski definition) is 4. The van der Waals surface area contributed by atoms with Crippen molar-refractivity contribution >= 4 is 11.8 Å². The third-order valence-corrected chi connectivity index (χ3v) is 3.41. The molecule has 0 aromatic heterocycles. The molecule has 0 radical (unpaired) electrons. The van der Waals surface area contributed by atoms with Crippen LogP contribution in [0.2, 0.25) is 0 Å². The molecule has 0 spiro atoms. The number of piperazine rings is 1. The average molecular weight is 272 g/mol. The van der Waals surface area contributed by atoms with Crippen LogP contribution in [0.3, 0.4) is 0 Å².